The summed E-state index contributed by atoms with van der Waals surface area (Å²) >= 11 is 0. The Morgan fingerprint density at radius 3 is 1.98 bits per heavy atom. The molecule has 2 aromatic carbocycles. The number of benzene rings is 2. The fraction of sp³-hybridized carbons (Fsp3) is 0.462. The van der Waals surface area contributed by atoms with Gasteiger partial charge in [-0.2, -0.15) is 0 Å². The van der Waals surface area contributed by atoms with Gasteiger partial charge in [-0.25, -0.2) is 4.98 Å². The van der Waals surface area contributed by atoms with Crippen LogP contribution < -0.4 is 53.6 Å². The summed E-state index contributed by atoms with van der Waals surface area (Å²) in [6.45, 7) is 0.522. The highest BCUT2D eigenvalue weighted by atomic mass is 16.3. The first kappa shape index (κ1) is 60.3. The molecule has 4 heterocycles. The molecule has 11 amide bonds. The number of aliphatic hydroxyl groups is 2. The van der Waals surface area contributed by atoms with Gasteiger partial charge in [0.25, 0.3) is 0 Å². The van der Waals surface area contributed by atoms with Crippen molar-refractivity contribution in [3.05, 3.63) is 84.1 Å². The Hall–Kier alpha value is -8.92. The average Bonchev–Trinajstić information content (AvgIpc) is 4.30. The normalized spacial score (nSPS) is 17.2. The van der Waals surface area contributed by atoms with Crippen LogP contribution in [0.2, 0.25) is 0 Å². The number of nitrogens with one attached hydrogen (secondary N) is 11. The molecule has 2 fully saturated rings. The Morgan fingerprint density at radius 2 is 1.34 bits per heavy atom. The van der Waals surface area contributed by atoms with Gasteiger partial charge < -0.3 is 83.8 Å². The van der Waals surface area contributed by atoms with Crippen molar-refractivity contribution in [2.75, 3.05) is 32.8 Å². The standard InChI is InChI=1S/C52H68N14O14/c1-27(2)16-35(47(75)65-40(25-68)52(80)66-15-5-8-41(66)51(79)56-22-42(53)70)60-44(72)23-57-45(73)36(17-28-9-11-31(69)12-10-28)61-50(78)39(24-67)64-48(76)37(18-29-20-55-33-7-4-3-6-32(29)33)62-49(77)38(19-30-21-54-26-58-30)63-46(74)34-13-14-43(71)59-34/h3-4,6-7,9-12,20-21,26-27,34-41,55,67-69H,5,8,13-19,22-25H2,1-2H3,(H2,53,70)(H,54,58)(H,56,79)(H,57,73)(H,59,71)(H,60,72)(H,61,78)(H,62,77)(H,63,74)(H,64,76)(H,65,75). The van der Waals surface area contributed by atoms with E-state index in [2.05, 4.69) is 62.8 Å². The van der Waals surface area contributed by atoms with Gasteiger partial charge in [0, 0.05) is 61.2 Å². The van der Waals surface area contributed by atoms with Gasteiger partial charge >= 0.3 is 0 Å². The van der Waals surface area contributed by atoms with E-state index in [1.807, 2.05) is 0 Å². The van der Waals surface area contributed by atoms with Crippen molar-refractivity contribution in [1.82, 2.24) is 67.7 Å². The number of phenolic OH excluding ortho intramolecular Hbond substituents is 1. The van der Waals surface area contributed by atoms with Crippen LogP contribution in [0.4, 0.5) is 0 Å². The molecule has 16 N–H and O–H groups in total. The molecular formula is C52H68N14O14. The van der Waals surface area contributed by atoms with Crippen molar-refractivity contribution < 1.29 is 68.1 Å². The van der Waals surface area contributed by atoms with E-state index < -0.39 is 134 Å². The molecule has 0 saturated carbocycles. The lowest BCUT2D eigenvalue weighted by Crippen LogP contribution is -2.60. The first-order valence-corrected chi connectivity index (χ1v) is 26.0. The second-order valence-corrected chi connectivity index (χ2v) is 19.9. The maximum absolute atomic E-state index is 14.4. The number of para-hydroxylation sites is 1. The average molecular weight is 1110 g/mol. The van der Waals surface area contributed by atoms with Crippen LogP contribution in [0.1, 0.15) is 62.8 Å². The molecule has 8 atom stereocenters. The zero-order chi connectivity index (χ0) is 58.0. The predicted octanol–water partition coefficient (Wildman–Crippen LogP) is -4.45. The molecule has 6 rings (SSSR count). The van der Waals surface area contributed by atoms with Gasteiger partial charge in [0.15, 0.2) is 0 Å². The van der Waals surface area contributed by atoms with E-state index in [-0.39, 0.29) is 69.1 Å². The Balaban J connectivity index is 1.14. The highest BCUT2D eigenvalue weighted by Gasteiger charge is 2.39. The van der Waals surface area contributed by atoms with Crippen LogP contribution in [0.3, 0.4) is 0 Å². The molecule has 2 saturated heterocycles. The number of aromatic nitrogens is 3. The number of phenols is 1. The van der Waals surface area contributed by atoms with Crippen molar-refractivity contribution in [2.24, 2.45) is 11.7 Å². The van der Waals surface area contributed by atoms with Crippen molar-refractivity contribution in [1.29, 1.82) is 0 Å². The van der Waals surface area contributed by atoms with Gasteiger partial charge in [-0.1, -0.05) is 44.2 Å². The molecule has 430 valence electrons. The number of hydrogen-bond acceptors (Lipinski definition) is 15. The number of likely N-dealkylation sites (tertiary alicyclic amines) is 1. The minimum atomic E-state index is -1.75. The summed E-state index contributed by atoms with van der Waals surface area (Å²) in [6.07, 6.45) is 4.92. The second-order valence-electron chi connectivity index (χ2n) is 19.9. The summed E-state index contributed by atoms with van der Waals surface area (Å²) in [5.74, 6) is -9.06. The SMILES string of the molecule is CC(C)CC(NC(=O)CNC(=O)C(Cc1ccc(O)cc1)NC(=O)C(CO)NC(=O)C(Cc1c[nH]c2ccccc12)NC(=O)C(Cc1cnc[nH]1)NC(=O)C1CCC(=O)N1)C(=O)NC(CO)C(=O)N1CCCC1C(=O)NCC(N)=O. The second kappa shape index (κ2) is 28.6. The number of fused-ring (bicyclic) bond motifs is 1. The summed E-state index contributed by atoms with van der Waals surface area (Å²) in [6, 6.07) is 1.96. The number of rotatable bonds is 28. The number of aliphatic hydroxyl groups excluding tert-OH is 2. The molecule has 2 aliphatic heterocycles. The zero-order valence-electron chi connectivity index (χ0n) is 44.0. The smallest absolute Gasteiger partial charge is 0.248 e. The number of carbonyl (C=O) groups is 11. The molecule has 80 heavy (non-hydrogen) atoms. The Labute approximate surface area is 458 Å². The minimum Gasteiger partial charge on any atom is -0.508 e. The Kier molecular flexibility index (Phi) is 21.6. The van der Waals surface area contributed by atoms with Gasteiger partial charge in [0.05, 0.1) is 32.6 Å². The van der Waals surface area contributed by atoms with E-state index in [0.717, 1.165) is 0 Å². The Bertz CT molecular complexity index is 2880. The first-order chi connectivity index (χ1) is 38.2. The minimum absolute atomic E-state index is 0.0312. The molecule has 28 heteroatoms. The molecule has 8 unspecified atom stereocenters. The van der Waals surface area contributed by atoms with Crippen LogP contribution in [0.25, 0.3) is 10.9 Å². The number of nitrogens with zero attached hydrogens (tertiary/aromatic N) is 2. The number of imidazole rings is 1. The number of hydrogen-bond donors (Lipinski definition) is 15. The zero-order valence-corrected chi connectivity index (χ0v) is 44.0. The molecule has 0 bridgehead atoms. The summed E-state index contributed by atoms with van der Waals surface area (Å²) < 4.78 is 0. The topological polar surface area (TPSA) is 430 Å². The number of amides is 11. The quantitative estimate of drug-likeness (QED) is 0.0255. The summed E-state index contributed by atoms with van der Waals surface area (Å²) in [7, 11) is 0. The molecule has 4 aromatic rings. The van der Waals surface area contributed by atoms with Gasteiger partial charge in [-0.05, 0) is 60.9 Å². The largest absolute Gasteiger partial charge is 0.508 e. The van der Waals surface area contributed by atoms with Crippen LogP contribution in [-0.2, 0) is 72.0 Å². The summed E-state index contributed by atoms with van der Waals surface area (Å²) in [5, 5.41) is 54.0. The summed E-state index contributed by atoms with van der Waals surface area (Å²) in [5.41, 5.74) is 7.28. The molecule has 0 aliphatic carbocycles. The highest BCUT2D eigenvalue weighted by molar-refractivity contribution is 5.99. The monoisotopic (exact) mass is 1110 g/mol. The van der Waals surface area contributed by atoms with Crippen LogP contribution in [0.15, 0.2) is 67.3 Å². The van der Waals surface area contributed by atoms with Gasteiger partial charge in [0.2, 0.25) is 65.0 Å². The number of carbonyl (C=O) groups excluding carboxylic acids is 11. The molecule has 2 aliphatic rings. The number of nitrogens with two attached hydrogens (primary N) is 1. The van der Waals surface area contributed by atoms with Crippen molar-refractivity contribution >= 4 is 75.9 Å². The van der Waals surface area contributed by atoms with E-state index in [4.69, 9.17) is 5.73 Å². The van der Waals surface area contributed by atoms with Crippen LogP contribution >= 0.6 is 0 Å². The third kappa shape index (κ3) is 17.0. The van der Waals surface area contributed by atoms with Crippen LogP contribution in [0, 0.1) is 5.92 Å². The van der Waals surface area contributed by atoms with E-state index in [9.17, 15) is 68.1 Å². The van der Waals surface area contributed by atoms with Gasteiger partial charge in [-0.3, -0.25) is 52.7 Å². The van der Waals surface area contributed by atoms with Crippen LogP contribution in [0.5, 0.6) is 5.75 Å². The third-order valence-corrected chi connectivity index (χ3v) is 13.3. The lowest BCUT2D eigenvalue weighted by molar-refractivity contribution is -0.143. The maximum Gasteiger partial charge on any atom is 0.248 e. The van der Waals surface area contributed by atoms with Gasteiger partial charge in [-0.15, -0.1) is 0 Å². The maximum atomic E-state index is 14.4. The van der Waals surface area contributed by atoms with E-state index >= 15 is 0 Å². The molecular weight excluding hydrogens is 1040 g/mol. The number of primary amides is 1. The number of H-pyrrole nitrogens is 2. The van der Waals surface area contributed by atoms with E-state index in [1.54, 1.807) is 44.3 Å². The van der Waals surface area contributed by atoms with Crippen molar-refractivity contribution in [3.8, 4) is 5.75 Å². The predicted molar refractivity (Wildman–Crippen MR) is 282 cm³/mol. The number of aromatic amines is 2. The highest BCUT2D eigenvalue weighted by Crippen LogP contribution is 2.21. The molecule has 0 radical (unpaired) electrons. The van der Waals surface area contributed by atoms with Crippen molar-refractivity contribution in [3.63, 3.8) is 0 Å². The Morgan fingerprint density at radius 1 is 0.700 bits per heavy atom. The molecule has 2 aromatic heterocycles. The number of aromatic hydroxyl groups is 1. The third-order valence-electron chi connectivity index (χ3n) is 13.3. The summed E-state index contributed by atoms with van der Waals surface area (Å²) in [4.78, 5) is 158. The fourth-order valence-corrected chi connectivity index (χ4v) is 9.22. The molecule has 28 nitrogen and oxygen atoms in total. The van der Waals surface area contributed by atoms with Crippen LogP contribution in [-0.4, -0.2) is 181 Å². The first-order valence-electron chi connectivity index (χ1n) is 26.0. The van der Waals surface area contributed by atoms with E-state index in [0.29, 0.717) is 34.1 Å². The molecule has 0 spiro atoms. The van der Waals surface area contributed by atoms with Crippen molar-refractivity contribution in [2.45, 2.75) is 114 Å². The lowest BCUT2D eigenvalue weighted by atomic mass is 10.0. The lowest BCUT2D eigenvalue weighted by Gasteiger charge is -2.29. The van der Waals surface area contributed by atoms with E-state index in [1.165, 1.54) is 41.7 Å². The van der Waals surface area contributed by atoms with Gasteiger partial charge in [0.1, 0.15) is 54.1 Å². The fourth-order valence-electron chi connectivity index (χ4n) is 9.22.